The monoisotopic (exact) mass is 333 g/mol. The number of thioether (sulfide) groups is 1. The molecule has 18 heavy (non-hydrogen) atoms. The van der Waals surface area contributed by atoms with Crippen molar-refractivity contribution in [1.82, 2.24) is 0 Å². The largest absolute Gasteiger partial charge is 0.462 e. The lowest BCUT2D eigenvalue weighted by Crippen LogP contribution is -2.13. The number of ether oxygens (including phenoxy) is 1. The van der Waals surface area contributed by atoms with Crippen LogP contribution >= 0.6 is 27.7 Å². The van der Waals surface area contributed by atoms with Crippen molar-refractivity contribution in [2.75, 3.05) is 5.75 Å². The summed E-state index contributed by atoms with van der Waals surface area (Å²) in [6.45, 7) is 3.51. The van der Waals surface area contributed by atoms with E-state index in [1.165, 1.54) is 6.07 Å². The molecule has 1 aromatic carbocycles. The molecule has 0 aliphatic carbocycles. The molecule has 0 saturated heterocycles. The number of rotatable bonds is 5. The van der Waals surface area contributed by atoms with Crippen LogP contribution in [0.3, 0.4) is 0 Å². The number of nitro benzene ring substituents is 1. The first-order valence-electron chi connectivity index (χ1n) is 5.16. The Hall–Kier alpha value is -1.08. The molecule has 0 spiro atoms. The number of hydrogen-bond donors (Lipinski definition) is 0. The van der Waals surface area contributed by atoms with Crippen LogP contribution in [-0.2, 0) is 9.53 Å². The van der Waals surface area contributed by atoms with Gasteiger partial charge >= 0.3 is 5.97 Å². The zero-order chi connectivity index (χ0) is 13.7. The van der Waals surface area contributed by atoms with Crippen molar-refractivity contribution >= 4 is 39.3 Å². The van der Waals surface area contributed by atoms with E-state index in [4.69, 9.17) is 4.74 Å². The highest BCUT2D eigenvalue weighted by Gasteiger charge is 2.16. The Morgan fingerprint density at radius 1 is 1.56 bits per heavy atom. The average Bonchev–Trinajstić information content (AvgIpc) is 2.26. The van der Waals surface area contributed by atoms with Gasteiger partial charge in [-0.05, 0) is 26.0 Å². The lowest BCUT2D eigenvalue weighted by Gasteiger charge is -2.07. The Kier molecular flexibility index (Phi) is 5.61. The molecule has 0 radical (unpaired) electrons. The first kappa shape index (κ1) is 15.0. The van der Waals surface area contributed by atoms with Crippen LogP contribution in [0, 0.1) is 10.1 Å². The molecule has 0 unspecified atom stereocenters. The van der Waals surface area contributed by atoms with Crippen LogP contribution in [0.5, 0.6) is 0 Å². The molecule has 98 valence electrons. The van der Waals surface area contributed by atoms with Crippen LogP contribution in [0.1, 0.15) is 13.8 Å². The molecule has 5 nitrogen and oxygen atoms in total. The summed E-state index contributed by atoms with van der Waals surface area (Å²) in [7, 11) is 0. The van der Waals surface area contributed by atoms with Crippen molar-refractivity contribution in [2.45, 2.75) is 24.8 Å². The summed E-state index contributed by atoms with van der Waals surface area (Å²) in [5.41, 5.74) is -0.0216. The van der Waals surface area contributed by atoms with Crippen molar-refractivity contribution in [3.8, 4) is 0 Å². The van der Waals surface area contributed by atoms with Gasteiger partial charge in [-0.15, -0.1) is 11.8 Å². The Morgan fingerprint density at radius 2 is 2.22 bits per heavy atom. The minimum Gasteiger partial charge on any atom is -0.462 e. The summed E-state index contributed by atoms with van der Waals surface area (Å²) in [5.74, 6) is -0.326. The molecule has 0 N–H and O–H groups in total. The summed E-state index contributed by atoms with van der Waals surface area (Å²) >= 11 is 4.27. The van der Waals surface area contributed by atoms with Crippen molar-refractivity contribution in [3.05, 3.63) is 32.8 Å². The van der Waals surface area contributed by atoms with Gasteiger partial charge in [-0.3, -0.25) is 14.9 Å². The van der Waals surface area contributed by atoms with Crippen molar-refractivity contribution in [2.24, 2.45) is 0 Å². The Bertz CT molecular complexity index is 464. The quantitative estimate of drug-likeness (QED) is 0.357. The maximum Gasteiger partial charge on any atom is 0.316 e. The van der Waals surface area contributed by atoms with E-state index in [-0.39, 0.29) is 23.5 Å². The van der Waals surface area contributed by atoms with E-state index in [2.05, 4.69) is 15.9 Å². The minimum atomic E-state index is -0.471. The van der Waals surface area contributed by atoms with Gasteiger partial charge in [0, 0.05) is 10.5 Å². The lowest BCUT2D eigenvalue weighted by molar-refractivity contribution is -0.387. The number of halogens is 1. The Balaban J connectivity index is 2.73. The SMILES string of the molecule is CC(C)OC(=O)CSc1ccc(Br)cc1[N+](=O)[O-]. The van der Waals surface area contributed by atoms with E-state index in [0.717, 1.165) is 11.8 Å². The normalized spacial score (nSPS) is 10.4. The molecular weight excluding hydrogens is 322 g/mol. The van der Waals surface area contributed by atoms with Crippen molar-refractivity contribution in [1.29, 1.82) is 0 Å². The van der Waals surface area contributed by atoms with Gasteiger partial charge in [-0.1, -0.05) is 15.9 Å². The molecule has 0 fully saturated rings. The van der Waals surface area contributed by atoms with Gasteiger partial charge in [0.1, 0.15) is 0 Å². The van der Waals surface area contributed by atoms with Gasteiger partial charge in [0.2, 0.25) is 0 Å². The van der Waals surface area contributed by atoms with Gasteiger partial charge in [0.15, 0.2) is 0 Å². The number of nitro groups is 1. The highest BCUT2D eigenvalue weighted by atomic mass is 79.9. The van der Waals surface area contributed by atoms with Crippen molar-refractivity contribution < 1.29 is 14.5 Å². The van der Waals surface area contributed by atoms with Crippen LogP contribution in [-0.4, -0.2) is 22.7 Å². The fourth-order valence-corrected chi connectivity index (χ4v) is 2.32. The Labute approximate surface area is 117 Å². The van der Waals surface area contributed by atoms with Crippen LogP contribution in [0.25, 0.3) is 0 Å². The number of nitrogens with zero attached hydrogens (tertiary/aromatic N) is 1. The van der Waals surface area contributed by atoms with E-state index >= 15 is 0 Å². The van der Waals surface area contributed by atoms with Crippen LogP contribution < -0.4 is 0 Å². The molecule has 0 atom stereocenters. The number of carbonyl (C=O) groups excluding carboxylic acids is 1. The number of benzene rings is 1. The summed E-state index contributed by atoms with van der Waals surface area (Å²) in [6.07, 6.45) is -0.182. The second kappa shape index (κ2) is 6.75. The van der Waals surface area contributed by atoms with E-state index in [1.807, 2.05) is 0 Å². The molecule has 0 aliphatic rings. The second-order valence-corrected chi connectivity index (χ2v) is 5.63. The molecule has 0 bridgehead atoms. The number of esters is 1. The summed E-state index contributed by atoms with van der Waals surface area (Å²) in [5, 5.41) is 10.9. The topological polar surface area (TPSA) is 69.4 Å². The fourth-order valence-electron chi connectivity index (χ4n) is 1.19. The maximum absolute atomic E-state index is 11.4. The zero-order valence-electron chi connectivity index (χ0n) is 9.88. The van der Waals surface area contributed by atoms with E-state index in [9.17, 15) is 14.9 Å². The molecule has 0 aromatic heterocycles. The van der Waals surface area contributed by atoms with Crippen LogP contribution in [0.15, 0.2) is 27.6 Å². The predicted molar refractivity (Wildman–Crippen MR) is 72.7 cm³/mol. The van der Waals surface area contributed by atoms with E-state index in [0.29, 0.717) is 9.37 Å². The summed E-state index contributed by atoms with van der Waals surface area (Å²) in [6, 6.07) is 4.72. The van der Waals surface area contributed by atoms with Gasteiger partial charge in [-0.2, -0.15) is 0 Å². The average molecular weight is 334 g/mol. The molecule has 0 saturated carbocycles. The third-order valence-corrected chi connectivity index (χ3v) is 3.36. The summed E-state index contributed by atoms with van der Waals surface area (Å²) < 4.78 is 5.59. The van der Waals surface area contributed by atoms with Gasteiger partial charge in [-0.25, -0.2) is 0 Å². The van der Waals surface area contributed by atoms with E-state index < -0.39 is 4.92 Å². The van der Waals surface area contributed by atoms with E-state index in [1.54, 1.807) is 26.0 Å². The summed E-state index contributed by atoms with van der Waals surface area (Å²) in [4.78, 5) is 22.2. The molecule has 1 aromatic rings. The van der Waals surface area contributed by atoms with Crippen molar-refractivity contribution in [3.63, 3.8) is 0 Å². The molecule has 1 rings (SSSR count). The molecule has 0 aliphatic heterocycles. The highest BCUT2D eigenvalue weighted by molar-refractivity contribution is 9.10. The second-order valence-electron chi connectivity index (χ2n) is 3.70. The molecule has 0 heterocycles. The molecule has 7 heteroatoms. The zero-order valence-corrected chi connectivity index (χ0v) is 12.3. The third kappa shape index (κ3) is 4.66. The number of carbonyl (C=O) groups is 1. The number of hydrogen-bond acceptors (Lipinski definition) is 5. The highest BCUT2D eigenvalue weighted by Crippen LogP contribution is 2.31. The Morgan fingerprint density at radius 3 is 2.78 bits per heavy atom. The predicted octanol–water partition coefficient (Wildman–Crippen LogP) is 3.40. The van der Waals surface area contributed by atoms with Gasteiger partial charge in [0.05, 0.1) is 21.7 Å². The first-order chi connectivity index (χ1) is 8.40. The van der Waals surface area contributed by atoms with Crippen LogP contribution in [0.2, 0.25) is 0 Å². The first-order valence-corrected chi connectivity index (χ1v) is 6.94. The third-order valence-electron chi connectivity index (χ3n) is 1.83. The van der Waals surface area contributed by atoms with Gasteiger partial charge < -0.3 is 4.74 Å². The van der Waals surface area contributed by atoms with Crippen LogP contribution in [0.4, 0.5) is 5.69 Å². The standard InChI is InChI=1S/C11H12BrNO4S/c1-7(2)17-11(14)6-18-10-4-3-8(12)5-9(10)13(15)16/h3-5,7H,6H2,1-2H3. The molecular formula is C11H12BrNO4S. The maximum atomic E-state index is 11.4. The fraction of sp³-hybridized carbons (Fsp3) is 0.364. The van der Waals surface area contributed by atoms with Gasteiger partial charge in [0.25, 0.3) is 5.69 Å². The smallest absolute Gasteiger partial charge is 0.316 e. The lowest BCUT2D eigenvalue weighted by atomic mass is 10.3. The minimum absolute atomic E-state index is 0.0216. The molecule has 0 amide bonds.